The zero-order chi connectivity index (χ0) is 27.5. The third-order valence-corrected chi connectivity index (χ3v) is 6.29. The molecule has 39 heavy (non-hydrogen) atoms. The SMILES string of the molecule is COCOC[C@H](C[C@H](CC=Cc1ccccc1)C(=O)NO)NC(=O)c1ccc(-c2cc3ccccc3o2)cc1. The third-order valence-electron chi connectivity index (χ3n) is 6.29. The van der Waals surface area contributed by atoms with Gasteiger partial charge in [0.25, 0.3) is 5.91 Å². The van der Waals surface area contributed by atoms with Crippen molar-refractivity contribution in [3.63, 3.8) is 0 Å². The van der Waals surface area contributed by atoms with E-state index in [-0.39, 0.29) is 25.7 Å². The molecule has 4 aromatic rings. The normalized spacial score (nSPS) is 12.9. The lowest BCUT2D eigenvalue weighted by molar-refractivity contribution is -0.134. The molecule has 8 nitrogen and oxygen atoms in total. The zero-order valence-corrected chi connectivity index (χ0v) is 21.7. The van der Waals surface area contributed by atoms with Gasteiger partial charge in [-0.1, -0.05) is 72.8 Å². The van der Waals surface area contributed by atoms with Crippen molar-refractivity contribution in [2.75, 3.05) is 20.5 Å². The molecule has 0 spiro atoms. The summed E-state index contributed by atoms with van der Waals surface area (Å²) in [6.07, 6.45) is 4.40. The predicted octanol–water partition coefficient (Wildman–Crippen LogP) is 5.43. The fourth-order valence-electron chi connectivity index (χ4n) is 4.30. The summed E-state index contributed by atoms with van der Waals surface area (Å²) in [5, 5.41) is 13.3. The topological polar surface area (TPSA) is 110 Å². The molecule has 0 saturated heterocycles. The highest BCUT2D eigenvalue weighted by Crippen LogP contribution is 2.28. The highest BCUT2D eigenvalue weighted by molar-refractivity contribution is 5.95. The Balaban J connectivity index is 1.43. The molecule has 0 aliphatic carbocycles. The van der Waals surface area contributed by atoms with Gasteiger partial charge in [-0.25, -0.2) is 5.48 Å². The Hall–Kier alpha value is -4.24. The van der Waals surface area contributed by atoms with E-state index < -0.39 is 17.9 Å². The summed E-state index contributed by atoms with van der Waals surface area (Å²) < 4.78 is 16.4. The van der Waals surface area contributed by atoms with Crippen LogP contribution < -0.4 is 10.8 Å². The van der Waals surface area contributed by atoms with Crippen molar-refractivity contribution >= 4 is 28.9 Å². The molecule has 0 fully saturated rings. The fraction of sp³-hybridized carbons (Fsp3) is 0.226. The summed E-state index contributed by atoms with van der Waals surface area (Å²) in [5.41, 5.74) is 4.85. The number of carbonyl (C=O) groups is 2. The molecular weight excluding hydrogens is 496 g/mol. The van der Waals surface area contributed by atoms with E-state index in [2.05, 4.69) is 5.32 Å². The van der Waals surface area contributed by atoms with Gasteiger partial charge in [0.05, 0.1) is 12.6 Å². The van der Waals surface area contributed by atoms with Gasteiger partial charge in [-0.15, -0.1) is 0 Å². The third kappa shape index (κ3) is 7.87. The van der Waals surface area contributed by atoms with Gasteiger partial charge in [-0.2, -0.15) is 0 Å². The van der Waals surface area contributed by atoms with Gasteiger partial charge in [-0.05, 0) is 42.7 Å². The summed E-state index contributed by atoms with van der Waals surface area (Å²) in [6, 6.07) is 26.1. The molecule has 3 N–H and O–H groups in total. The molecule has 0 aliphatic rings. The van der Waals surface area contributed by atoms with Crippen LogP contribution in [-0.2, 0) is 14.3 Å². The quantitative estimate of drug-likeness (QED) is 0.0923. The maximum Gasteiger partial charge on any atom is 0.251 e. The first-order valence-electron chi connectivity index (χ1n) is 12.7. The molecule has 0 saturated carbocycles. The average Bonchev–Trinajstić information content (AvgIpc) is 3.41. The van der Waals surface area contributed by atoms with Crippen LogP contribution in [-0.4, -0.2) is 43.6 Å². The molecule has 1 heterocycles. The molecular formula is C31H32N2O6. The van der Waals surface area contributed by atoms with Crippen LogP contribution in [0.2, 0.25) is 0 Å². The first-order chi connectivity index (χ1) is 19.1. The summed E-state index contributed by atoms with van der Waals surface area (Å²) >= 11 is 0. The maximum atomic E-state index is 13.1. The van der Waals surface area contributed by atoms with Crippen molar-refractivity contribution in [1.82, 2.24) is 10.8 Å². The second kappa shape index (κ2) is 14.1. The van der Waals surface area contributed by atoms with Crippen LogP contribution in [0.3, 0.4) is 0 Å². The minimum absolute atomic E-state index is 0.0450. The highest BCUT2D eigenvalue weighted by Gasteiger charge is 2.24. The van der Waals surface area contributed by atoms with E-state index >= 15 is 0 Å². The van der Waals surface area contributed by atoms with Gasteiger partial charge < -0.3 is 19.2 Å². The Kier molecular flexibility index (Phi) is 10.0. The van der Waals surface area contributed by atoms with Gasteiger partial charge in [0.15, 0.2) is 0 Å². The Morgan fingerprint density at radius 1 is 1.00 bits per heavy atom. The second-order valence-electron chi connectivity index (χ2n) is 9.13. The number of furan rings is 1. The van der Waals surface area contributed by atoms with Crippen LogP contribution in [0.25, 0.3) is 28.4 Å². The first-order valence-corrected chi connectivity index (χ1v) is 12.7. The number of nitrogens with one attached hydrogen (secondary N) is 2. The van der Waals surface area contributed by atoms with Crippen molar-refractivity contribution in [2.45, 2.75) is 18.9 Å². The number of benzene rings is 3. The molecule has 4 rings (SSSR count). The lowest BCUT2D eigenvalue weighted by Crippen LogP contribution is -2.42. The van der Waals surface area contributed by atoms with Crippen LogP contribution in [0.15, 0.2) is 95.4 Å². The molecule has 3 aromatic carbocycles. The first kappa shape index (κ1) is 27.8. The summed E-state index contributed by atoms with van der Waals surface area (Å²) in [4.78, 5) is 25.5. The molecule has 0 radical (unpaired) electrons. The molecule has 202 valence electrons. The smallest absolute Gasteiger partial charge is 0.251 e. The zero-order valence-electron chi connectivity index (χ0n) is 21.7. The van der Waals surface area contributed by atoms with Crippen molar-refractivity contribution < 1.29 is 28.7 Å². The second-order valence-corrected chi connectivity index (χ2v) is 9.13. The molecule has 2 atom stereocenters. The molecule has 0 bridgehead atoms. The number of allylic oxidation sites excluding steroid dienone is 1. The monoisotopic (exact) mass is 528 g/mol. The van der Waals surface area contributed by atoms with E-state index in [9.17, 15) is 14.8 Å². The number of amides is 2. The number of hydrogen-bond acceptors (Lipinski definition) is 6. The number of ether oxygens (including phenoxy) is 2. The van der Waals surface area contributed by atoms with Gasteiger partial charge in [-0.3, -0.25) is 14.8 Å². The molecule has 1 aromatic heterocycles. The van der Waals surface area contributed by atoms with E-state index in [4.69, 9.17) is 13.9 Å². The molecule has 0 aliphatic heterocycles. The molecule has 0 unspecified atom stereocenters. The Morgan fingerprint density at radius 3 is 2.46 bits per heavy atom. The lowest BCUT2D eigenvalue weighted by atomic mass is 9.95. The Bertz CT molecular complexity index is 1350. The number of hydroxylamine groups is 1. The number of para-hydroxylation sites is 1. The van der Waals surface area contributed by atoms with Crippen molar-refractivity contribution in [3.8, 4) is 11.3 Å². The van der Waals surface area contributed by atoms with Crippen molar-refractivity contribution in [2.24, 2.45) is 5.92 Å². The summed E-state index contributed by atoms with van der Waals surface area (Å²) in [6.45, 7) is 0.178. The summed E-state index contributed by atoms with van der Waals surface area (Å²) in [7, 11) is 1.51. The predicted molar refractivity (Wildman–Crippen MR) is 149 cm³/mol. The van der Waals surface area contributed by atoms with Crippen LogP contribution in [0, 0.1) is 5.92 Å². The Morgan fingerprint density at radius 2 is 1.74 bits per heavy atom. The molecule has 8 heteroatoms. The van der Waals surface area contributed by atoms with E-state index in [1.165, 1.54) is 7.11 Å². The minimum Gasteiger partial charge on any atom is -0.456 e. The standard InChI is InChI=1S/C31H32N2O6/c1-37-21-38-20-27(18-26(31(35)33-36)12-7-10-22-8-3-2-4-9-22)32-30(34)24-16-14-23(15-17-24)29-19-25-11-5-6-13-28(25)39-29/h2-11,13-17,19,26-27,36H,12,18,20-21H2,1H3,(H,32,34)(H,33,35)/t26-,27-/m0/s1. The number of carbonyl (C=O) groups excluding carboxylic acids is 2. The van der Waals surface area contributed by atoms with Gasteiger partial charge in [0, 0.05) is 29.5 Å². The average molecular weight is 529 g/mol. The van der Waals surface area contributed by atoms with Crippen molar-refractivity contribution in [3.05, 3.63) is 102 Å². The minimum atomic E-state index is -0.595. The summed E-state index contributed by atoms with van der Waals surface area (Å²) in [5.74, 6) is -0.716. The maximum absolute atomic E-state index is 13.1. The van der Waals surface area contributed by atoms with Crippen LogP contribution in [0.1, 0.15) is 28.8 Å². The van der Waals surface area contributed by atoms with E-state index in [1.807, 2.05) is 84.9 Å². The number of rotatable bonds is 13. The van der Waals surface area contributed by atoms with Gasteiger partial charge in [0.1, 0.15) is 18.1 Å². The van der Waals surface area contributed by atoms with Crippen LogP contribution in [0.4, 0.5) is 0 Å². The largest absolute Gasteiger partial charge is 0.456 e. The lowest BCUT2D eigenvalue weighted by Gasteiger charge is -2.23. The van der Waals surface area contributed by atoms with E-state index in [0.29, 0.717) is 12.0 Å². The fourth-order valence-corrected chi connectivity index (χ4v) is 4.30. The number of hydrogen-bond donors (Lipinski definition) is 3. The van der Waals surface area contributed by atoms with Gasteiger partial charge >= 0.3 is 0 Å². The van der Waals surface area contributed by atoms with Crippen LogP contribution in [0.5, 0.6) is 0 Å². The Labute approximate surface area is 227 Å². The molecule has 2 amide bonds. The highest BCUT2D eigenvalue weighted by atomic mass is 16.7. The number of methoxy groups -OCH3 is 1. The van der Waals surface area contributed by atoms with E-state index in [0.717, 1.165) is 27.9 Å². The van der Waals surface area contributed by atoms with Crippen LogP contribution >= 0.6 is 0 Å². The van der Waals surface area contributed by atoms with E-state index in [1.54, 1.807) is 17.6 Å². The van der Waals surface area contributed by atoms with Crippen molar-refractivity contribution in [1.29, 1.82) is 0 Å². The van der Waals surface area contributed by atoms with Gasteiger partial charge in [0.2, 0.25) is 5.91 Å². The number of fused-ring (bicyclic) bond motifs is 1.